The van der Waals surface area contributed by atoms with Crippen molar-refractivity contribution >= 4 is 5.91 Å². The van der Waals surface area contributed by atoms with Crippen LogP contribution in [0.3, 0.4) is 0 Å². The lowest BCUT2D eigenvalue weighted by atomic mass is 10.1. The molecule has 1 aromatic heterocycles. The van der Waals surface area contributed by atoms with E-state index in [9.17, 15) is 9.18 Å². The second kappa shape index (κ2) is 7.00. The third-order valence-corrected chi connectivity index (χ3v) is 5.35. The largest absolute Gasteiger partial charge is 0.468 e. The maximum absolute atomic E-state index is 13.0. The number of nitrogens with zero attached hydrogens (tertiary/aromatic N) is 1. The van der Waals surface area contributed by atoms with Crippen molar-refractivity contribution in [1.29, 1.82) is 0 Å². The quantitative estimate of drug-likeness (QED) is 0.874. The molecule has 1 aromatic carbocycles. The molecule has 2 fully saturated rings. The van der Waals surface area contributed by atoms with E-state index < -0.39 is 0 Å². The maximum Gasteiger partial charge on any atom is 0.223 e. The van der Waals surface area contributed by atoms with E-state index in [1.54, 1.807) is 18.4 Å². The van der Waals surface area contributed by atoms with Crippen molar-refractivity contribution in [3.8, 4) is 0 Å². The van der Waals surface area contributed by atoms with Crippen LogP contribution in [0.5, 0.6) is 0 Å². The average molecular weight is 342 g/mol. The lowest BCUT2D eigenvalue weighted by molar-refractivity contribution is -0.122. The highest BCUT2D eigenvalue weighted by molar-refractivity contribution is 5.82. The Hall–Kier alpha value is -2.14. The molecule has 5 heteroatoms. The standard InChI is InChI=1S/C20H23FN2O2/c21-15-7-5-14(6-8-15)16-12-17(16)20(24)22-13-18(19-4-3-11-25-19)23-9-1-2-10-23/h3-8,11,16-18H,1-2,9-10,12-13H2,(H,22,24)/t16-,17+,18-/m1/s1. The van der Waals surface area contributed by atoms with E-state index in [1.165, 1.54) is 25.0 Å². The van der Waals surface area contributed by atoms with Crippen LogP contribution < -0.4 is 5.32 Å². The minimum atomic E-state index is -0.239. The third kappa shape index (κ3) is 3.61. The van der Waals surface area contributed by atoms with Crippen LogP contribution in [0.1, 0.15) is 42.5 Å². The highest BCUT2D eigenvalue weighted by Crippen LogP contribution is 2.47. The number of benzene rings is 1. The molecular formula is C20H23FN2O2. The summed E-state index contributed by atoms with van der Waals surface area (Å²) in [7, 11) is 0. The first-order chi connectivity index (χ1) is 12.2. The highest BCUT2D eigenvalue weighted by Gasteiger charge is 2.44. The predicted molar refractivity (Wildman–Crippen MR) is 92.5 cm³/mol. The molecule has 1 aliphatic heterocycles. The molecule has 4 rings (SSSR count). The van der Waals surface area contributed by atoms with Crippen LogP contribution in [0, 0.1) is 11.7 Å². The van der Waals surface area contributed by atoms with E-state index in [1.807, 2.05) is 12.1 Å². The summed E-state index contributed by atoms with van der Waals surface area (Å²) < 4.78 is 18.6. The van der Waals surface area contributed by atoms with Crippen molar-refractivity contribution in [3.63, 3.8) is 0 Å². The normalized spacial score (nSPS) is 24.2. The van der Waals surface area contributed by atoms with Gasteiger partial charge in [-0.15, -0.1) is 0 Å². The monoisotopic (exact) mass is 342 g/mol. The molecular weight excluding hydrogens is 319 g/mol. The number of carbonyl (C=O) groups excluding carboxylic acids is 1. The number of likely N-dealkylation sites (tertiary alicyclic amines) is 1. The Morgan fingerprint density at radius 2 is 2.00 bits per heavy atom. The number of nitrogens with one attached hydrogen (secondary N) is 1. The fraction of sp³-hybridized carbons (Fsp3) is 0.450. The Bertz CT molecular complexity index is 708. The van der Waals surface area contributed by atoms with Gasteiger partial charge < -0.3 is 9.73 Å². The Balaban J connectivity index is 1.35. The lowest BCUT2D eigenvalue weighted by Crippen LogP contribution is -2.37. The first-order valence-electron chi connectivity index (χ1n) is 9.03. The Kier molecular flexibility index (Phi) is 4.57. The van der Waals surface area contributed by atoms with Crippen LogP contribution in [0.15, 0.2) is 47.1 Å². The molecule has 1 N–H and O–H groups in total. The number of furan rings is 1. The number of rotatable bonds is 6. The van der Waals surface area contributed by atoms with Gasteiger partial charge >= 0.3 is 0 Å². The van der Waals surface area contributed by atoms with Gasteiger partial charge in [0.2, 0.25) is 5.91 Å². The summed E-state index contributed by atoms with van der Waals surface area (Å²) in [6, 6.07) is 10.5. The van der Waals surface area contributed by atoms with Crippen molar-refractivity contribution in [2.75, 3.05) is 19.6 Å². The lowest BCUT2D eigenvalue weighted by Gasteiger charge is -2.26. The van der Waals surface area contributed by atoms with Gasteiger partial charge in [0, 0.05) is 12.5 Å². The summed E-state index contributed by atoms with van der Waals surface area (Å²) in [5.41, 5.74) is 1.05. The molecule has 1 saturated carbocycles. The van der Waals surface area contributed by atoms with Gasteiger partial charge in [0.1, 0.15) is 11.6 Å². The van der Waals surface area contributed by atoms with Crippen LogP contribution in [0.4, 0.5) is 4.39 Å². The minimum Gasteiger partial charge on any atom is -0.468 e. The van der Waals surface area contributed by atoms with Crippen LogP contribution in [-0.2, 0) is 4.79 Å². The van der Waals surface area contributed by atoms with E-state index in [2.05, 4.69) is 10.2 Å². The van der Waals surface area contributed by atoms with Crippen molar-refractivity contribution in [2.45, 2.75) is 31.2 Å². The molecule has 2 heterocycles. The second-order valence-electron chi connectivity index (χ2n) is 7.02. The summed E-state index contributed by atoms with van der Waals surface area (Å²) in [6.07, 6.45) is 4.92. The maximum atomic E-state index is 13.0. The first kappa shape index (κ1) is 16.3. The fourth-order valence-corrected chi connectivity index (χ4v) is 3.84. The third-order valence-electron chi connectivity index (χ3n) is 5.35. The van der Waals surface area contributed by atoms with Crippen molar-refractivity contribution in [3.05, 3.63) is 59.8 Å². The SMILES string of the molecule is O=C(NC[C@H](c1ccco1)N1CCCC1)[C@H]1C[C@@H]1c1ccc(F)cc1. The van der Waals surface area contributed by atoms with Crippen molar-refractivity contribution < 1.29 is 13.6 Å². The number of carbonyl (C=O) groups is 1. The summed E-state index contributed by atoms with van der Waals surface area (Å²) in [5.74, 6) is 0.978. The van der Waals surface area contributed by atoms with Crippen molar-refractivity contribution in [1.82, 2.24) is 10.2 Å². The van der Waals surface area contributed by atoms with Gasteiger partial charge in [0.15, 0.2) is 0 Å². The zero-order valence-electron chi connectivity index (χ0n) is 14.2. The molecule has 1 amide bonds. The molecule has 0 spiro atoms. The van der Waals surface area contributed by atoms with E-state index in [0.29, 0.717) is 6.54 Å². The molecule has 4 nitrogen and oxygen atoms in total. The predicted octanol–water partition coefficient (Wildman–Crippen LogP) is 3.48. The van der Waals surface area contributed by atoms with E-state index in [-0.39, 0.29) is 29.6 Å². The first-order valence-corrected chi connectivity index (χ1v) is 9.03. The molecule has 132 valence electrons. The second-order valence-corrected chi connectivity index (χ2v) is 7.02. The number of hydrogen-bond donors (Lipinski definition) is 1. The van der Waals surface area contributed by atoms with Gasteiger partial charge in [0.05, 0.1) is 12.3 Å². The van der Waals surface area contributed by atoms with Crippen LogP contribution in [0.25, 0.3) is 0 Å². The molecule has 0 bridgehead atoms. The van der Waals surface area contributed by atoms with Crippen molar-refractivity contribution in [2.24, 2.45) is 5.92 Å². The average Bonchev–Trinajstić information content (AvgIpc) is 3.02. The Labute approximate surface area is 147 Å². The summed E-state index contributed by atoms with van der Waals surface area (Å²) in [5, 5.41) is 3.11. The van der Waals surface area contributed by atoms with Crippen LogP contribution in [-0.4, -0.2) is 30.4 Å². The van der Waals surface area contributed by atoms with Gasteiger partial charge in [-0.3, -0.25) is 9.69 Å². The number of hydrogen-bond acceptors (Lipinski definition) is 3. The molecule has 25 heavy (non-hydrogen) atoms. The topological polar surface area (TPSA) is 45.5 Å². The molecule has 3 atom stereocenters. The minimum absolute atomic E-state index is 0.00119. The van der Waals surface area contributed by atoms with Gasteiger partial charge in [0.25, 0.3) is 0 Å². The number of halogens is 1. The zero-order chi connectivity index (χ0) is 17.2. The zero-order valence-corrected chi connectivity index (χ0v) is 14.2. The summed E-state index contributed by atoms with van der Waals surface area (Å²) in [6.45, 7) is 2.66. The van der Waals surface area contributed by atoms with Gasteiger partial charge in [-0.1, -0.05) is 12.1 Å². The summed E-state index contributed by atoms with van der Waals surface area (Å²) in [4.78, 5) is 14.9. The van der Waals surface area contributed by atoms with E-state index in [0.717, 1.165) is 30.8 Å². The number of amides is 1. The smallest absolute Gasteiger partial charge is 0.223 e. The Morgan fingerprint density at radius 1 is 1.24 bits per heavy atom. The molecule has 2 aromatic rings. The molecule has 2 aliphatic rings. The Morgan fingerprint density at radius 3 is 2.68 bits per heavy atom. The molecule has 1 saturated heterocycles. The molecule has 1 aliphatic carbocycles. The highest BCUT2D eigenvalue weighted by atomic mass is 19.1. The van der Waals surface area contributed by atoms with E-state index in [4.69, 9.17) is 4.42 Å². The molecule has 0 unspecified atom stereocenters. The summed E-state index contributed by atoms with van der Waals surface area (Å²) >= 11 is 0. The van der Waals surface area contributed by atoms with Crippen LogP contribution >= 0.6 is 0 Å². The van der Waals surface area contributed by atoms with Gasteiger partial charge in [-0.05, 0) is 68.1 Å². The fourth-order valence-electron chi connectivity index (χ4n) is 3.84. The van der Waals surface area contributed by atoms with Crippen LogP contribution in [0.2, 0.25) is 0 Å². The van der Waals surface area contributed by atoms with Gasteiger partial charge in [-0.2, -0.15) is 0 Å². The van der Waals surface area contributed by atoms with Gasteiger partial charge in [-0.25, -0.2) is 4.39 Å². The van der Waals surface area contributed by atoms with E-state index >= 15 is 0 Å². The molecule has 0 radical (unpaired) electrons.